The van der Waals surface area contributed by atoms with Crippen molar-refractivity contribution in [1.82, 2.24) is 0 Å². The number of ether oxygens (including phenoxy) is 2. The predicted octanol–water partition coefficient (Wildman–Crippen LogP) is -0.240. The van der Waals surface area contributed by atoms with Gasteiger partial charge >= 0.3 is 26.2 Å². The van der Waals surface area contributed by atoms with E-state index in [-0.39, 0.29) is 35.3 Å². The number of hydrogen-bond acceptors (Lipinski definition) is 8. The Morgan fingerprint density at radius 1 is 0.625 bits per heavy atom. The van der Waals surface area contributed by atoms with Crippen molar-refractivity contribution in [2.45, 2.75) is 13.2 Å². The van der Waals surface area contributed by atoms with E-state index in [0.717, 1.165) is 0 Å². The molecule has 4 N–H and O–H groups in total. The van der Waals surface area contributed by atoms with E-state index in [1.165, 1.54) is 48.5 Å². The Balaban J connectivity index is 1.63. The fraction of sp³-hybridized carbons (Fsp3) is 0.0909. The zero-order valence-corrected chi connectivity index (χ0v) is 16.9. The molecule has 3 rings (SSSR count). The number of rotatable bonds is 8. The Kier molecular flexibility index (Phi) is 7.80. The van der Waals surface area contributed by atoms with Gasteiger partial charge in [0.1, 0.15) is 13.2 Å². The molecule has 0 aromatic heterocycles. The monoisotopic (exact) mass is 434 g/mol. The second kappa shape index (κ2) is 10.7. The van der Waals surface area contributed by atoms with Crippen molar-refractivity contribution in [2.75, 3.05) is 0 Å². The Hall–Kier alpha value is -3.43. The molecule has 162 valence electrons. The number of benzene rings is 3. The smallest absolute Gasteiger partial charge is 0.457 e. The van der Waals surface area contributed by atoms with Crippen molar-refractivity contribution < 1.29 is 39.2 Å². The molecule has 0 saturated carbocycles. The zero-order chi connectivity index (χ0) is 23.1. The summed E-state index contributed by atoms with van der Waals surface area (Å²) in [5.41, 5.74) is 1.95. The van der Waals surface area contributed by atoms with Gasteiger partial charge in [0.05, 0.1) is 11.1 Å². The van der Waals surface area contributed by atoms with Gasteiger partial charge in [-0.05, 0) is 46.3 Å². The molecule has 0 amide bonds. The van der Waals surface area contributed by atoms with Crippen LogP contribution in [0.2, 0.25) is 0 Å². The van der Waals surface area contributed by atoms with Gasteiger partial charge in [0, 0.05) is 0 Å². The summed E-state index contributed by atoms with van der Waals surface area (Å²) < 4.78 is 10.6. The number of carbonyl (C=O) groups excluding carboxylic acids is 2. The normalized spacial score (nSPS) is 10.4. The molecule has 3 aromatic carbocycles. The fourth-order valence-electron chi connectivity index (χ4n) is 2.94. The van der Waals surface area contributed by atoms with Crippen molar-refractivity contribution in [1.29, 1.82) is 0 Å². The van der Waals surface area contributed by atoms with E-state index in [2.05, 4.69) is 0 Å². The lowest BCUT2D eigenvalue weighted by molar-refractivity contribution is 0.0435. The maximum atomic E-state index is 12.3. The minimum Gasteiger partial charge on any atom is -0.457 e. The van der Waals surface area contributed by atoms with Crippen LogP contribution in [-0.4, -0.2) is 46.3 Å². The van der Waals surface area contributed by atoms with E-state index in [1.807, 2.05) is 0 Å². The van der Waals surface area contributed by atoms with Gasteiger partial charge in [0.15, 0.2) is 0 Å². The molecule has 0 aliphatic rings. The minimum atomic E-state index is -1.69. The van der Waals surface area contributed by atoms with Crippen LogP contribution >= 0.6 is 0 Å². The van der Waals surface area contributed by atoms with E-state index in [9.17, 15) is 29.7 Å². The van der Waals surface area contributed by atoms with E-state index in [0.29, 0.717) is 11.1 Å². The first-order valence-electron chi connectivity index (χ1n) is 9.68. The quantitative estimate of drug-likeness (QED) is 0.282. The minimum absolute atomic E-state index is 0.0787. The molecule has 10 heteroatoms. The number of esters is 2. The molecule has 0 unspecified atom stereocenters. The first-order chi connectivity index (χ1) is 15.3. The van der Waals surface area contributed by atoms with E-state index >= 15 is 0 Å². The summed E-state index contributed by atoms with van der Waals surface area (Å²) in [5, 5.41) is 37.0. The molecular formula is C22H20B2O8. The molecule has 32 heavy (non-hydrogen) atoms. The van der Waals surface area contributed by atoms with Crippen molar-refractivity contribution in [3.05, 3.63) is 95.1 Å². The second-order valence-electron chi connectivity index (χ2n) is 6.92. The highest BCUT2D eigenvalue weighted by Crippen LogP contribution is 2.14. The summed E-state index contributed by atoms with van der Waals surface area (Å²) in [6.07, 6.45) is 0. The zero-order valence-electron chi connectivity index (χ0n) is 16.9. The molecule has 0 aliphatic heterocycles. The highest BCUT2D eigenvalue weighted by atomic mass is 16.5. The standard InChI is InChI=1S/C22H20B2O8/c25-21(15-7-3-9-19(11-15)23(27)28)31-13-17-5-1-2-6-18(17)14-32-22(26)16-8-4-10-20(12-16)24(29)30/h1-12,27-30H,13-14H2. The molecule has 3 aromatic rings. The van der Waals surface area contributed by atoms with Crippen LogP contribution in [0, 0.1) is 0 Å². The Morgan fingerprint density at radius 3 is 1.41 bits per heavy atom. The van der Waals surface area contributed by atoms with Gasteiger partial charge in [-0.25, -0.2) is 9.59 Å². The van der Waals surface area contributed by atoms with Crippen molar-refractivity contribution in [3.63, 3.8) is 0 Å². The van der Waals surface area contributed by atoms with Crippen LogP contribution in [-0.2, 0) is 22.7 Å². The highest BCUT2D eigenvalue weighted by molar-refractivity contribution is 6.59. The van der Waals surface area contributed by atoms with Crippen LogP contribution in [0.1, 0.15) is 31.8 Å². The third kappa shape index (κ3) is 6.05. The number of hydrogen-bond donors (Lipinski definition) is 4. The average molecular weight is 434 g/mol. The molecule has 8 nitrogen and oxygen atoms in total. The Labute approximate surface area is 185 Å². The van der Waals surface area contributed by atoms with Crippen LogP contribution in [0.4, 0.5) is 0 Å². The summed E-state index contributed by atoms with van der Waals surface area (Å²) in [6, 6.07) is 18.6. The van der Waals surface area contributed by atoms with E-state index in [1.54, 1.807) is 24.3 Å². The largest absolute Gasteiger partial charge is 0.488 e. The molecule has 0 aliphatic carbocycles. The number of carbonyl (C=O) groups is 2. The maximum Gasteiger partial charge on any atom is 0.488 e. The molecular weight excluding hydrogens is 414 g/mol. The van der Waals surface area contributed by atoms with Gasteiger partial charge in [0.2, 0.25) is 0 Å². The lowest BCUT2D eigenvalue weighted by Crippen LogP contribution is -2.30. The van der Waals surface area contributed by atoms with Gasteiger partial charge in [-0.3, -0.25) is 0 Å². The van der Waals surface area contributed by atoms with Gasteiger partial charge in [-0.2, -0.15) is 0 Å². The van der Waals surface area contributed by atoms with Crippen LogP contribution in [0.5, 0.6) is 0 Å². The highest BCUT2D eigenvalue weighted by Gasteiger charge is 2.17. The predicted molar refractivity (Wildman–Crippen MR) is 117 cm³/mol. The molecule has 0 radical (unpaired) electrons. The van der Waals surface area contributed by atoms with Crippen LogP contribution in [0.3, 0.4) is 0 Å². The van der Waals surface area contributed by atoms with Crippen LogP contribution in [0.25, 0.3) is 0 Å². The van der Waals surface area contributed by atoms with Gasteiger partial charge in [0.25, 0.3) is 0 Å². The topological polar surface area (TPSA) is 134 Å². The van der Waals surface area contributed by atoms with Crippen molar-refractivity contribution >= 4 is 37.1 Å². The first kappa shape index (κ1) is 23.2. The van der Waals surface area contributed by atoms with Crippen LogP contribution < -0.4 is 10.9 Å². The third-order valence-corrected chi connectivity index (χ3v) is 4.68. The van der Waals surface area contributed by atoms with Crippen LogP contribution in [0.15, 0.2) is 72.8 Å². The van der Waals surface area contributed by atoms with Gasteiger partial charge in [-0.1, -0.05) is 48.5 Å². The van der Waals surface area contributed by atoms with Gasteiger partial charge < -0.3 is 29.6 Å². The van der Waals surface area contributed by atoms with Crippen molar-refractivity contribution in [3.8, 4) is 0 Å². The lowest BCUT2D eigenvalue weighted by Gasteiger charge is -2.12. The summed E-state index contributed by atoms with van der Waals surface area (Å²) in [4.78, 5) is 24.7. The van der Waals surface area contributed by atoms with Crippen molar-refractivity contribution in [2.24, 2.45) is 0 Å². The Morgan fingerprint density at radius 2 is 1.03 bits per heavy atom. The van der Waals surface area contributed by atoms with E-state index < -0.39 is 26.2 Å². The molecule has 0 fully saturated rings. The molecule has 0 saturated heterocycles. The summed E-state index contributed by atoms with van der Waals surface area (Å²) >= 11 is 0. The lowest BCUT2D eigenvalue weighted by atomic mass is 9.79. The maximum absolute atomic E-state index is 12.3. The van der Waals surface area contributed by atoms with E-state index in [4.69, 9.17) is 9.47 Å². The molecule has 0 atom stereocenters. The second-order valence-corrected chi connectivity index (χ2v) is 6.92. The summed E-state index contributed by atoms with van der Waals surface area (Å²) in [5.74, 6) is -1.28. The fourth-order valence-corrected chi connectivity index (χ4v) is 2.94. The average Bonchev–Trinajstić information content (AvgIpc) is 2.81. The first-order valence-corrected chi connectivity index (χ1v) is 9.68. The van der Waals surface area contributed by atoms with Gasteiger partial charge in [-0.15, -0.1) is 0 Å². The SMILES string of the molecule is O=C(OCc1ccccc1COC(=O)c1cccc(B(O)O)c1)c1cccc(B(O)O)c1. The molecule has 0 bridgehead atoms. The molecule has 0 heterocycles. The molecule has 0 spiro atoms. The third-order valence-electron chi connectivity index (χ3n) is 4.68. The summed E-state index contributed by atoms with van der Waals surface area (Å²) in [7, 11) is -3.39. The Bertz CT molecular complexity index is 1010. The summed E-state index contributed by atoms with van der Waals surface area (Å²) in [6.45, 7) is -0.157.